The molecule has 31 heavy (non-hydrogen) atoms. The van der Waals surface area contributed by atoms with Gasteiger partial charge in [-0.2, -0.15) is 0 Å². The first kappa shape index (κ1) is 19.8. The van der Waals surface area contributed by atoms with Gasteiger partial charge in [0.05, 0.1) is 0 Å². The van der Waals surface area contributed by atoms with E-state index in [0.717, 1.165) is 69.9 Å². The van der Waals surface area contributed by atoms with Gasteiger partial charge < -0.3 is 18.9 Å². The summed E-state index contributed by atoms with van der Waals surface area (Å²) < 4.78 is 3.98. The zero-order chi connectivity index (χ0) is 21.9. The Morgan fingerprint density at radius 1 is 0.903 bits per heavy atom. The third-order valence-corrected chi connectivity index (χ3v) is 6.87. The van der Waals surface area contributed by atoms with E-state index < -0.39 is 0 Å². The Hall–Kier alpha value is -3.12. The average Bonchev–Trinajstić information content (AvgIpc) is 3.25. The number of pyridine rings is 1. The molecule has 0 saturated heterocycles. The van der Waals surface area contributed by atoms with E-state index in [9.17, 15) is 9.59 Å². The summed E-state index contributed by atoms with van der Waals surface area (Å²) in [6, 6.07) is 10.1. The summed E-state index contributed by atoms with van der Waals surface area (Å²) in [5, 5.41) is 3.88. The van der Waals surface area contributed by atoms with Gasteiger partial charge in [0.25, 0.3) is 11.5 Å². The second-order valence-corrected chi connectivity index (χ2v) is 8.48. The van der Waals surface area contributed by atoms with Crippen molar-refractivity contribution >= 4 is 38.5 Å². The highest BCUT2D eigenvalue weighted by atomic mass is 16.2. The van der Waals surface area contributed by atoms with Crippen LogP contribution in [0.5, 0.6) is 0 Å². The first-order chi connectivity index (χ1) is 15.0. The van der Waals surface area contributed by atoms with Gasteiger partial charge in [0, 0.05) is 72.7 Å². The van der Waals surface area contributed by atoms with E-state index in [1.165, 1.54) is 0 Å². The predicted molar refractivity (Wildman–Crippen MR) is 126 cm³/mol. The lowest BCUT2D eigenvalue weighted by molar-refractivity contribution is 0.0816. The number of amides is 1. The van der Waals surface area contributed by atoms with Gasteiger partial charge in [-0.3, -0.25) is 9.59 Å². The van der Waals surface area contributed by atoms with Gasteiger partial charge in [-0.1, -0.05) is 13.8 Å². The normalized spacial score (nSPS) is 14.0. The third kappa shape index (κ3) is 2.82. The SMILES string of the molecule is CCN(CC)CCn1c2ccc3c(c2c2c4ccn(C)c(=O)c4ccc21)CN(C)C3=O. The van der Waals surface area contributed by atoms with Crippen LogP contribution in [0.1, 0.15) is 29.8 Å². The second-order valence-electron chi connectivity index (χ2n) is 8.48. The van der Waals surface area contributed by atoms with Gasteiger partial charge >= 0.3 is 0 Å². The highest BCUT2D eigenvalue weighted by molar-refractivity contribution is 6.23. The van der Waals surface area contributed by atoms with Crippen molar-refractivity contribution in [2.24, 2.45) is 7.05 Å². The van der Waals surface area contributed by atoms with Crippen molar-refractivity contribution in [3.63, 3.8) is 0 Å². The van der Waals surface area contributed by atoms with Crippen molar-refractivity contribution < 1.29 is 4.79 Å². The molecule has 6 nitrogen and oxygen atoms in total. The van der Waals surface area contributed by atoms with E-state index in [2.05, 4.69) is 35.4 Å². The van der Waals surface area contributed by atoms with Crippen molar-refractivity contribution in [1.82, 2.24) is 18.9 Å². The minimum atomic E-state index is 0.00390. The molecule has 5 rings (SSSR count). The quantitative estimate of drug-likeness (QED) is 0.500. The van der Waals surface area contributed by atoms with Crippen LogP contribution in [0.25, 0.3) is 32.6 Å². The molecule has 0 spiro atoms. The first-order valence-corrected chi connectivity index (χ1v) is 11.0. The van der Waals surface area contributed by atoms with Crippen LogP contribution in [0.15, 0.2) is 41.3 Å². The second kappa shape index (κ2) is 7.24. The number of benzene rings is 2. The summed E-state index contributed by atoms with van der Waals surface area (Å²) in [5.41, 5.74) is 4.11. The fourth-order valence-electron chi connectivity index (χ4n) is 5.07. The molecule has 0 bridgehead atoms. The average molecular weight is 417 g/mol. The van der Waals surface area contributed by atoms with Crippen LogP contribution in [0.4, 0.5) is 0 Å². The van der Waals surface area contributed by atoms with E-state index in [0.29, 0.717) is 6.54 Å². The number of carbonyl (C=O) groups excluding carboxylic acids is 1. The van der Waals surface area contributed by atoms with Gasteiger partial charge in [-0.25, -0.2) is 0 Å². The van der Waals surface area contributed by atoms with Gasteiger partial charge in [0.2, 0.25) is 0 Å². The number of nitrogens with zero attached hydrogens (tertiary/aromatic N) is 4. The Morgan fingerprint density at radius 3 is 2.35 bits per heavy atom. The molecule has 0 fully saturated rings. The number of fused-ring (bicyclic) bond motifs is 7. The topological polar surface area (TPSA) is 50.5 Å². The number of aryl methyl sites for hydroxylation is 1. The molecule has 3 heterocycles. The largest absolute Gasteiger partial charge is 0.339 e. The fourth-order valence-corrected chi connectivity index (χ4v) is 5.07. The summed E-state index contributed by atoms with van der Waals surface area (Å²) in [5.74, 6) is 0.0668. The number of aromatic nitrogens is 2. The van der Waals surface area contributed by atoms with Gasteiger partial charge in [0.1, 0.15) is 0 Å². The molecule has 0 saturated carbocycles. The zero-order valence-electron chi connectivity index (χ0n) is 18.6. The molecular formula is C25H28N4O2. The maximum Gasteiger partial charge on any atom is 0.258 e. The standard InChI is InChI=1S/C25H28N4O2/c1-5-28(6-2)13-14-29-20-9-7-17-16(11-12-26(3)24(17)30)22(20)23-19-15-27(4)25(31)18(19)8-10-21(23)29/h7-12H,5-6,13-15H2,1-4H3. The summed E-state index contributed by atoms with van der Waals surface area (Å²) in [7, 11) is 3.63. The fraction of sp³-hybridized carbons (Fsp3) is 0.360. The minimum absolute atomic E-state index is 0.00390. The van der Waals surface area contributed by atoms with Crippen LogP contribution in [0, 0.1) is 0 Å². The van der Waals surface area contributed by atoms with Crippen LogP contribution in [-0.2, 0) is 20.1 Å². The van der Waals surface area contributed by atoms with Crippen LogP contribution >= 0.6 is 0 Å². The zero-order valence-corrected chi connectivity index (χ0v) is 18.6. The first-order valence-electron chi connectivity index (χ1n) is 11.0. The highest BCUT2D eigenvalue weighted by Crippen LogP contribution is 2.39. The molecule has 2 aromatic carbocycles. The molecule has 0 N–H and O–H groups in total. The lowest BCUT2D eigenvalue weighted by Gasteiger charge is -2.19. The molecule has 0 atom stereocenters. The van der Waals surface area contributed by atoms with Crippen molar-refractivity contribution in [1.29, 1.82) is 0 Å². The van der Waals surface area contributed by atoms with E-state index in [1.54, 1.807) is 16.5 Å². The molecule has 0 unspecified atom stereocenters. The Bertz CT molecular complexity index is 1410. The Balaban J connectivity index is 1.88. The molecule has 0 aliphatic carbocycles. The van der Waals surface area contributed by atoms with Crippen LogP contribution in [0.2, 0.25) is 0 Å². The molecular weight excluding hydrogens is 388 g/mol. The minimum Gasteiger partial charge on any atom is -0.339 e. The Kier molecular flexibility index (Phi) is 4.63. The number of rotatable bonds is 5. The predicted octanol–water partition coefficient (Wildman–Crippen LogP) is 3.57. The van der Waals surface area contributed by atoms with E-state index >= 15 is 0 Å². The number of hydrogen-bond acceptors (Lipinski definition) is 3. The molecule has 2 aromatic heterocycles. The van der Waals surface area contributed by atoms with Crippen molar-refractivity contribution in [2.75, 3.05) is 26.7 Å². The van der Waals surface area contributed by atoms with Gasteiger partial charge in [-0.15, -0.1) is 0 Å². The molecule has 1 aliphatic heterocycles. The molecule has 6 heteroatoms. The Labute approximate surface area is 181 Å². The summed E-state index contributed by atoms with van der Waals surface area (Å²) in [6.07, 6.45) is 1.84. The van der Waals surface area contributed by atoms with E-state index in [1.807, 2.05) is 31.4 Å². The highest BCUT2D eigenvalue weighted by Gasteiger charge is 2.29. The monoisotopic (exact) mass is 416 g/mol. The summed E-state index contributed by atoms with van der Waals surface area (Å²) in [4.78, 5) is 29.7. The molecule has 1 amide bonds. The summed E-state index contributed by atoms with van der Waals surface area (Å²) >= 11 is 0. The lowest BCUT2D eigenvalue weighted by atomic mass is 9.99. The van der Waals surface area contributed by atoms with Gasteiger partial charge in [-0.05, 0) is 54.4 Å². The van der Waals surface area contributed by atoms with Crippen LogP contribution in [0.3, 0.4) is 0 Å². The molecule has 0 radical (unpaired) electrons. The Morgan fingerprint density at radius 2 is 1.61 bits per heavy atom. The van der Waals surface area contributed by atoms with E-state index in [-0.39, 0.29) is 11.5 Å². The number of hydrogen-bond donors (Lipinski definition) is 0. The molecule has 4 aromatic rings. The number of carbonyl (C=O) groups is 1. The maximum atomic E-state index is 12.8. The van der Waals surface area contributed by atoms with E-state index in [4.69, 9.17) is 0 Å². The maximum absolute atomic E-state index is 12.8. The van der Waals surface area contributed by atoms with Crippen LogP contribution < -0.4 is 5.56 Å². The number of likely N-dealkylation sites (N-methyl/N-ethyl adjacent to an activating group) is 1. The van der Waals surface area contributed by atoms with Crippen LogP contribution in [-0.4, -0.2) is 51.5 Å². The van der Waals surface area contributed by atoms with Crippen molar-refractivity contribution in [3.8, 4) is 0 Å². The summed E-state index contributed by atoms with van der Waals surface area (Å²) in [6.45, 7) is 8.82. The smallest absolute Gasteiger partial charge is 0.258 e. The molecule has 160 valence electrons. The van der Waals surface area contributed by atoms with Crippen molar-refractivity contribution in [3.05, 3.63) is 58.0 Å². The molecule has 1 aliphatic rings. The van der Waals surface area contributed by atoms with Crippen molar-refractivity contribution in [2.45, 2.75) is 26.9 Å². The lowest BCUT2D eigenvalue weighted by Crippen LogP contribution is -2.27. The third-order valence-electron chi connectivity index (χ3n) is 6.87. The van der Waals surface area contributed by atoms with Gasteiger partial charge in [0.15, 0.2) is 0 Å².